The summed E-state index contributed by atoms with van der Waals surface area (Å²) in [4.78, 5) is 39.9. The molecule has 2 aliphatic heterocycles. The maximum atomic E-state index is 13.9. The first kappa shape index (κ1) is 22.7. The van der Waals surface area contributed by atoms with Crippen LogP contribution in [0.3, 0.4) is 0 Å². The first-order chi connectivity index (χ1) is 15.9. The van der Waals surface area contributed by atoms with Gasteiger partial charge in [0.15, 0.2) is 0 Å². The zero-order valence-electron chi connectivity index (χ0n) is 18.5. The van der Waals surface area contributed by atoms with E-state index in [1.807, 2.05) is 11.0 Å². The number of rotatable bonds is 5. The Bertz CT molecular complexity index is 1210. The van der Waals surface area contributed by atoms with E-state index < -0.39 is 17.1 Å². The summed E-state index contributed by atoms with van der Waals surface area (Å²) < 4.78 is 16.3. The number of benzene rings is 1. The lowest BCUT2D eigenvalue weighted by Crippen LogP contribution is -2.53. The van der Waals surface area contributed by atoms with Crippen LogP contribution in [0.2, 0.25) is 0 Å². The third-order valence-electron chi connectivity index (χ3n) is 6.36. The van der Waals surface area contributed by atoms with Crippen molar-refractivity contribution < 1.29 is 9.18 Å². The van der Waals surface area contributed by atoms with Crippen molar-refractivity contribution in [2.75, 3.05) is 24.5 Å². The van der Waals surface area contributed by atoms with Crippen LogP contribution in [-0.4, -0.2) is 46.8 Å². The number of nitriles is 1. The number of anilines is 1. The molecular weight excluding hydrogens is 427 g/mol. The maximum absolute atomic E-state index is 13.9. The van der Waals surface area contributed by atoms with Gasteiger partial charge in [0.05, 0.1) is 24.2 Å². The zero-order chi connectivity index (χ0) is 23.5. The molecule has 2 atom stereocenters. The van der Waals surface area contributed by atoms with Crippen LogP contribution in [0.25, 0.3) is 0 Å². The minimum atomic E-state index is -0.549. The first-order valence-corrected chi connectivity index (χ1v) is 11.2. The Balaban J connectivity index is 1.64. The standard InChI is InChI=1S/C23H27FN6O3/c1-28-21(31)11-20(30(23(28)33)13-16-10-17(24)7-6-15(16)12-25)29-9-3-4-18(14-29)27-22(32)19-5-2-8-26-19/h6-7,10-11,18-19,26H,2-5,8-9,13-14H2,1H3,(H,27,32)/t18-,19-/m1/s1. The van der Waals surface area contributed by atoms with Crippen molar-refractivity contribution in [1.29, 1.82) is 5.26 Å². The van der Waals surface area contributed by atoms with Gasteiger partial charge in [0.2, 0.25) is 5.91 Å². The lowest BCUT2D eigenvalue weighted by atomic mass is 10.0. The van der Waals surface area contributed by atoms with Gasteiger partial charge >= 0.3 is 5.69 Å². The van der Waals surface area contributed by atoms with Crippen molar-refractivity contribution in [2.24, 2.45) is 7.05 Å². The Morgan fingerprint density at radius 3 is 2.82 bits per heavy atom. The molecule has 1 aromatic heterocycles. The normalized spacial score (nSPS) is 20.5. The summed E-state index contributed by atoms with van der Waals surface area (Å²) >= 11 is 0. The Morgan fingerprint density at radius 2 is 2.09 bits per heavy atom. The lowest BCUT2D eigenvalue weighted by molar-refractivity contribution is -0.123. The van der Waals surface area contributed by atoms with E-state index in [0.717, 1.165) is 36.8 Å². The molecule has 9 nitrogen and oxygen atoms in total. The molecule has 2 N–H and O–H groups in total. The molecule has 2 aliphatic rings. The molecular formula is C23H27FN6O3. The number of halogens is 1. The number of carbonyl (C=O) groups excluding carboxylic acids is 1. The predicted octanol–water partition coefficient (Wildman–Crippen LogP) is 0.443. The van der Waals surface area contributed by atoms with Gasteiger partial charge in [0.25, 0.3) is 5.56 Å². The van der Waals surface area contributed by atoms with Crippen molar-refractivity contribution in [3.63, 3.8) is 0 Å². The number of nitrogens with one attached hydrogen (secondary N) is 2. The van der Waals surface area contributed by atoms with E-state index in [2.05, 4.69) is 10.6 Å². The van der Waals surface area contributed by atoms with Gasteiger partial charge in [0.1, 0.15) is 11.6 Å². The second-order valence-corrected chi connectivity index (χ2v) is 8.62. The maximum Gasteiger partial charge on any atom is 0.332 e. The van der Waals surface area contributed by atoms with Crippen LogP contribution in [0.15, 0.2) is 33.9 Å². The highest BCUT2D eigenvalue weighted by Gasteiger charge is 2.28. The Hall–Kier alpha value is -3.45. The quantitative estimate of drug-likeness (QED) is 0.678. The molecule has 4 rings (SSSR count). The van der Waals surface area contributed by atoms with Gasteiger partial charge in [-0.05, 0) is 56.0 Å². The van der Waals surface area contributed by atoms with Crippen molar-refractivity contribution in [1.82, 2.24) is 19.8 Å². The highest BCUT2D eigenvalue weighted by atomic mass is 19.1. The third-order valence-corrected chi connectivity index (χ3v) is 6.36. The monoisotopic (exact) mass is 454 g/mol. The molecule has 0 aliphatic carbocycles. The molecule has 0 unspecified atom stereocenters. The van der Waals surface area contributed by atoms with E-state index >= 15 is 0 Å². The predicted molar refractivity (Wildman–Crippen MR) is 121 cm³/mol. The lowest BCUT2D eigenvalue weighted by Gasteiger charge is -2.36. The molecule has 2 saturated heterocycles. The van der Waals surface area contributed by atoms with Gasteiger partial charge in [0, 0.05) is 32.2 Å². The first-order valence-electron chi connectivity index (χ1n) is 11.2. The van der Waals surface area contributed by atoms with Crippen LogP contribution in [0, 0.1) is 17.1 Å². The largest absolute Gasteiger partial charge is 0.356 e. The summed E-state index contributed by atoms with van der Waals surface area (Å²) in [5, 5.41) is 15.7. The van der Waals surface area contributed by atoms with Gasteiger partial charge < -0.3 is 15.5 Å². The highest BCUT2D eigenvalue weighted by molar-refractivity contribution is 5.82. The summed E-state index contributed by atoms with van der Waals surface area (Å²) in [6.07, 6.45) is 3.35. The molecule has 1 amide bonds. The molecule has 2 fully saturated rings. The Morgan fingerprint density at radius 1 is 1.27 bits per heavy atom. The average Bonchev–Trinajstić information content (AvgIpc) is 3.35. The van der Waals surface area contributed by atoms with Gasteiger partial charge in [-0.2, -0.15) is 5.26 Å². The number of piperidine rings is 1. The van der Waals surface area contributed by atoms with Crippen LogP contribution in [-0.2, 0) is 18.4 Å². The molecule has 0 radical (unpaired) electrons. The summed E-state index contributed by atoms with van der Waals surface area (Å²) in [5.74, 6) is -0.141. The fraction of sp³-hybridized carbons (Fsp3) is 0.478. The second-order valence-electron chi connectivity index (χ2n) is 8.62. The summed E-state index contributed by atoms with van der Waals surface area (Å²) in [5.41, 5.74) is -0.385. The molecule has 0 spiro atoms. The van der Waals surface area contributed by atoms with Gasteiger partial charge in [-0.1, -0.05) is 0 Å². The molecule has 3 heterocycles. The molecule has 174 valence electrons. The number of hydrogen-bond acceptors (Lipinski definition) is 6. The fourth-order valence-electron chi connectivity index (χ4n) is 4.55. The average molecular weight is 455 g/mol. The van der Waals surface area contributed by atoms with Crippen molar-refractivity contribution >= 4 is 11.7 Å². The van der Waals surface area contributed by atoms with Crippen LogP contribution >= 0.6 is 0 Å². The van der Waals surface area contributed by atoms with Crippen LogP contribution < -0.4 is 26.8 Å². The number of amides is 1. The van der Waals surface area contributed by atoms with Crippen LogP contribution in [0.5, 0.6) is 0 Å². The van der Waals surface area contributed by atoms with Crippen LogP contribution in [0.1, 0.15) is 36.8 Å². The minimum Gasteiger partial charge on any atom is -0.356 e. The molecule has 33 heavy (non-hydrogen) atoms. The van der Waals surface area contributed by atoms with E-state index in [1.54, 1.807) is 0 Å². The highest BCUT2D eigenvalue weighted by Crippen LogP contribution is 2.21. The Labute approximate surface area is 190 Å². The van der Waals surface area contributed by atoms with Crippen molar-refractivity contribution in [3.8, 4) is 6.07 Å². The van der Waals surface area contributed by atoms with Gasteiger partial charge in [-0.15, -0.1) is 0 Å². The Kier molecular flexibility index (Phi) is 6.60. The smallest absolute Gasteiger partial charge is 0.332 e. The molecule has 2 aromatic rings. The van der Waals surface area contributed by atoms with Crippen LogP contribution in [0.4, 0.5) is 10.2 Å². The summed E-state index contributed by atoms with van der Waals surface area (Å²) in [6, 6.07) is 6.91. The summed E-state index contributed by atoms with van der Waals surface area (Å²) in [7, 11) is 1.38. The SMILES string of the molecule is Cn1c(=O)cc(N2CCC[C@@H](NC(=O)[C@H]3CCCN3)C2)n(Cc2cc(F)ccc2C#N)c1=O. The third kappa shape index (κ3) is 4.83. The molecule has 1 aromatic carbocycles. The number of hydrogen-bond donors (Lipinski definition) is 2. The number of carbonyl (C=O) groups is 1. The van der Waals surface area contributed by atoms with E-state index in [9.17, 15) is 24.0 Å². The minimum absolute atomic E-state index is 0.0286. The van der Waals surface area contributed by atoms with Gasteiger partial charge in [-0.3, -0.25) is 18.7 Å². The molecule has 0 bridgehead atoms. The van der Waals surface area contributed by atoms with Crippen molar-refractivity contribution in [3.05, 3.63) is 62.0 Å². The van der Waals surface area contributed by atoms with Crippen molar-refractivity contribution in [2.45, 2.75) is 44.3 Å². The van der Waals surface area contributed by atoms with E-state index in [1.165, 1.54) is 35.9 Å². The second kappa shape index (κ2) is 9.58. The molecule has 10 heteroatoms. The van der Waals surface area contributed by atoms with E-state index in [-0.39, 0.29) is 30.1 Å². The van der Waals surface area contributed by atoms with E-state index in [0.29, 0.717) is 24.5 Å². The number of nitrogens with zero attached hydrogens (tertiary/aromatic N) is 4. The van der Waals surface area contributed by atoms with E-state index in [4.69, 9.17) is 0 Å². The fourth-order valence-corrected chi connectivity index (χ4v) is 4.55. The topological polar surface area (TPSA) is 112 Å². The van der Waals surface area contributed by atoms with Gasteiger partial charge in [-0.25, -0.2) is 9.18 Å². The number of aromatic nitrogens is 2. The summed E-state index contributed by atoms with van der Waals surface area (Å²) in [6.45, 7) is 1.83. The molecule has 0 saturated carbocycles. The zero-order valence-corrected chi connectivity index (χ0v) is 18.5.